The van der Waals surface area contributed by atoms with Gasteiger partial charge in [-0.2, -0.15) is 0 Å². The van der Waals surface area contributed by atoms with E-state index in [1.165, 1.54) is 54.3 Å². The number of hydrogen-bond acceptors (Lipinski definition) is 4. The number of aromatic hydroxyl groups is 3. The van der Waals surface area contributed by atoms with Crippen molar-refractivity contribution in [2.75, 3.05) is 6.61 Å². The minimum Gasteiger partial charge on any atom is -0.505 e. The van der Waals surface area contributed by atoms with Crippen LogP contribution in [-0.4, -0.2) is 64.1 Å². The molecule has 3 N–H and O–H groups in total. The van der Waals surface area contributed by atoms with Crippen LogP contribution in [0.3, 0.4) is 0 Å². The molecule has 6 heterocycles. The fraction of sp³-hybridized carbons (Fsp3) is 0.438. The molecule has 0 aliphatic heterocycles. The minimum atomic E-state index is -0.176. The van der Waals surface area contributed by atoms with Crippen molar-refractivity contribution in [2.24, 2.45) is 0 Å². The van der Waals surface area contributed by atoms with Gasteiger partial charge in [-0.15, -0.1) is 42.2 Å². The number of rotatable bonds is 13. The first-order chi connectivity index (χ1) is 36.8. The number of unbranched alkanes of at least 4 members (excludes halogenated alkanes) is 5. The van der Waals surface area contributed by atoms with Crippen molar-refractivity contribution in [1.29, 1.82) is 0 Å². The summed E-state index contributed by atoms with van der Waals surface area (Å²) >= 11 is 3.53. The smallest absolute Gasteiger partial charge is 0.147 e. The lowest BCUT2D eigenvalue weighted by Crippen LogP contribution is -2.17. The average Bonchev–Trinajstić information content (AvgIpc) is 4.12. The largest absolute Gasteiger partial charge is 0.505 e. The second-order valence-corrected chi connectivity index (χ2v) is 26.7. The van der Waals surface area contributed by atoms with Crippen LogP contribution in [0.25, 0.3) is 50.2 Å². The van der Waals surface area contributed by atoms with Crippen LogP contribution in [0.15, 0.2) is 108 Å². The highest BCUT2D eigenvalue weighted by Crippen LogP contribution is 2.44. The van der Waals surface area contributed by atoms with Gasteiger partial charge in [-0.1, -0.05) is 188 Å². The van der Waals surface area contributed by atoms with E-state index in [0.717, 1.165) is 78.9 Å². The summed E-state index contributed by atoms with van der Waals surface area (Å²) in [7, 11) is 0. The zero-order valence-corrected chi connectivity index (χ0v) is 50.3. The van der Waals surface area contributed by atoms with Gasteiger partial charge in [-0.25, -0.2) is 0 Å². The van der Waals surface area contributed by atoms with E-state index in [1.807, 2.05) is 52.1 Å². The molecule has 0 aliphatic rings. The molecule has 6 aromatic carbocycles. The molecule has 12 rings (SSSR count). The third-order valence-corrected chi connectivity index (χ3v) is 16.2. The van der Waals surface area contributed by atoms with Crippen LogP contribution in [0.4, 0.5) is 0 Å². The van der Waals surface area contributed by atoms with E-state index in [1.54, 1.807) is 0 Å². The molecular weight excluding hydrogens is 1040 g/mol. The predicted molar refractivity (Wildman–Crippen MR) is 322 cm³/mol. The average molecular weight is 1120 g/mol. The van der Waals surface area contributed by atoms with Gasteiger partial charge in [0.15, 0.2) is 0 Å². The second kappa shape index (κ2) is 19.8. The number of phenolic OH excluding ortho intramolecular Hbond substituents is 3. The fourth-order valence-corrected chi connectivity index (χ4v) is 10.9. The standard InChI is InChI=1S/C24H33N3O2.C20H24BrN3O.C20H25N3O/c1-5-6-7-8-9-12-15-29-18-16-19(24(2,3)4)23(28)22(17-18)27-25-20-13-10-11-14-21(20)26(25)27;1-19(2,3)12-9-14(20(4,5)6)18(25)17(10-12)24-22-15-8-7-13(21)11-16(15)23(22)24;1-6-13(2)15-11-14(20(3,4)5)12-18(19(15)24)23-21-16-9-7-8-10-17(16)22(21)23/h10-11,13-14,16-17,28H,5-9,12,15H2,1-4H3;7-11,25H,1-6H3;7-13,24H,6H2,1-5H3. The summed E-state index contributed by atoms with van der Waals surface area (Å²) in [6.45, 7) is 33.4. The van der Waals surface area contributed by atoms with Crippen molar-refractivity contribution in [1.82, 2.24) is 42.2 Å². The van der Waals surface area contributed by atoms with E-state index in [2.05, 4.69) is 213 Å². The number of para-hydroxylation sites is 4. The van der Waals surface area contributed by atoms with Crippen molar-refractivity contribution in [3.63, 3.8) is 0 Å². The van der Waals surface area contributed by atoms with Crippen molar-refractivity contribution >= 4 is 49.0 Å². The quantitative estimate of drug-likeness (QED) is 0.0999. The molecule has 13 nitrogen and oxygen atoms in total. The van der Waals surface area contributed by atoms with Crippen LogP contribution < -0.4 is 4.74 Å². The second-order valence-electron chi connectivity index (χ2n) is 25.8. The van der Waals surface area contributed by atoms with Crippen molar-refractivity contribution in [3.8, 4) is 40.1 Å². The number of hydrogen-bond donors (Lipinski definition) is 3. The Kier molecular flexibility index (Phi) is 13.9. The fourth-order valence-electron chi connectivity index (χ4n) is 10.6. The Bertz CT molecular complexity index is 3910. The maximum atomic E-state index is 11.0. The lowest BCUT2D eigenvalue weighted by Gasteiger charge is -2.26. The number of aromatic nitrogens is 9. The number of ether oxygens (including phenoxy) is 1. The number of halogens is 1. The van der Waals surface area contributed by atoms with Crippen molar-refractivity contribution in [3.05, 3.63) is 135 Å². The molecule has 0 bridgehead atoms. The zero-order valence-electron chi connectivity index (χ0n) is 48.7. The van der Waals surface area contributed by atoms with E-state index >= 15 is 0 Å². The SMILES string of the molecule is CC(C)(C)c1cc(-n2n3c4ccc(Br)cc4n23)c(O)c(C(C)(C)C)c1.CCC(C)c1cc(C(C)(C)C)cc(-n2n3c4ccccc4n23)c1O.CCCCCCCCOc1cc(-n2n3c4ccccc4n23)c(O)c(C(C)(C)C)c1. The third kappa shape index (κ3) is 9.80. The first-order valence-corrected chi connectivity index (χ1v) is 29.0. The summed E-state index contributed by atoms with van der Waals surface area (Å²) in [5.74, 6) is 2.24. The topological polar surface area (TPSA) is 111 Å². The Hall–Kier alpha value is -6.80. The van der Waals surface area contributed by atoms with Gasteiger partial charge in [-0.05, 0) is 118 Å². The highest BCUT2D eigenvalue weighted by Gasteiger charge is 2.33. The highest BCUT2D eigenvalue weighted by molar-refractivity contribution is 9.10. The van der Waals surface area contributed by atoms with E-state index in [4.69, 9.17) is 4.74 Å². The molecule has 0 radical (unpaired) electrons. The number of nitrogens with zero attached hydrogens (tertiary/aromatic N) is 9. The molecule has 414 valence electrons. The van der Waals surface area contributed by atoms with Crippen LogP contribution in [0.5, 0.6) is 23.0 Å². The van der Waals surface area contributed by atoms with Crippen LogP contribution in [0, 0.1) is 0 Å². The Labute approximate surface area is 467 Å². The van der Waals surface area contributed by atoms with E-state index in [0.29, 0.717) is 29.8 Å². The van der Waals surface area contributed by atoms with Gasteiger partial charge < -0.3 is 20.1 Å². The van der Waals surface area contributed by atoms with E-state index < -0.39 is 0 Å². The molecule has 0 amide bonds. The van der Waals surface area contributed by atoms with Gasteiger partial charge >= 0.3 is 0 Å². The lowest BCUT2D eigenvalue weighted by atomic mass is 9.80. The predicted octanol–water partition coefficient (Wildman–Crippen LogP) is 16.6. The maximum absolute atomic E-state index is 11.0. The Morgan fingerprint density at radius 1 is 0.449 bits per heavy atom. The number of fused-ring (bicyclic) bond motifs is 12. The first kappa shape index (κ1) is 54.6. The molecule has 12 aromatic rings. The van der Waals surface area contributed by atoms with Gasteiger partial charge in [0, 0.05) is 21.7 Å². The lowest BCUT2D eigenvalue weighted by molar-refractivity contribution is 0.302. The summed E-state index contributed by atoms with van der Waals surface area (Å²) in [6.07, 6.45) is 8.47. The summed E-state index contributed by atoms with van der Waals surface area (Å²) in [5, 5.41) is 33.0. The Morgan fingerprint density at radius 2 is 0.859 bits per heavy atom. The first-order valence-electron chi connectivity index (χ1n) is 28.2. The molecule has 0 aliphatic carbocycles. The third-order valence-electron chi connectivity index (χ3n) is 15.7. The number of phenols is 3. The monoisotopic (exact) mass is 1120 g/mol. The highest BCUT2D eigenvalue weighted by atomic mass is 79.9. The maximum Gasteiger partial charge on any atom is 0.147 e. The molecule has 1 unspecified atom stereocenters. The van der Waals surface area contributed by atoms with Crippen LogP contribution in [0.2, 0.25) is 0 Å². The van der Waals surface area contributed by atoms with Crippen molar-refractivity contribution < 1.29 is 20.1 Å². The molecule has 1 atom stereocenters. The van der Waals surface area contributed by atoms with E-state index in [-0.39, 0.29) is 21.7 Å². The summed E-state index contributed by atoms with van der Waals surface area (Å²) in [5.41, 5.74) is 14.6. The number of benzene rings is 6. The molecule has 78 heavy (non-hydrogen) atoms. The Balaban J connectivity index is 0.000000133. The van der Waals surface area contributed by atoms with Crippen molar-refractivity contribution in [2.45, 2.75) is 176 Å². The van der Waals surface area contributed by atoms with Crippen LogP contribution in [0.1, 0.15) is 183 Å². The van der Waals surface area contributed by atoms with Crippen LogP contribution >= 0.6 is 15.9 Å². The Morgan fingerprint density at radius 3 is 1.32 bits per heavy atom. The summed E-state index contributed by atoms with van der Waals surface area (Å²) < 4.78 is 19.6. The van der Waals surface area contributed by atoms with Gasteiger partial charge in [-0.3, -0.25) is 0 Å². The molecular formula is C64H82BrN9O4. The molecule has 14 heteroatoms. The normalized spacial score (nSPS) is 13.4. The molecule has 0 spiro atoms. The van der Waals surface area contributed by atoms with Gasteiger partial charge in [0.25, 0.3) is 0 Å². The summed E-state index contributed by atoms with van der Waals surface area (Å²) in [6, 6.07) is 35.3. The van der Waals surface area contributed by atoms with Gasteiger partial charge in [0.2, 0.25) is 0 Å². The molecule has 0 saturated carbocycles. The van der Waals surface area contributed by atoms with E-state index in [9.17, 15) is 15.3 Å². The van der Waals surface area contributed by atoms with Crippen LogP contribution in [-0.2, 0) is 21.7 Å². The van der Waals surface area contributed by atoms with Gasteiger partial charge in [0.1, 0.15) is 73.2 Å². The summed E-state index contributed by atoms with van der Waals surface area (Å²) in [4.78, 5) is 6.10. The zero-order chi connectivity index (χ0) is 56.1. The molecule has 0 fully saturated rings. The molecule has 0 saturated heterocycles. The van der Waals surface area contributed by atoms with Gasteiger partial charge in [0.05, 0.1) is 6.61 Å². The molecule has 6 aromatic heterocycles. The minimum absolute atomic E-state index is 0.0120.